The Morgan fingerprint density at radius 2 is 1.80 bits per heavy atom. The topological polar surface area (TPSA) is 47.9 Å². The number of carbonyl (C=O) groups excluding carboxylic acids is 1. The molecule has 0 radical (unpaired) electrons. The maximum atomic E-state index is 12.5. The van der Waals surface area contributed by atoms with E-state index in [1.54, 1.807) is 18.2 Å². The third kappa shape index (κ3) is 3.91. The van der Waals surface area contributed by atoms with Crippen LogP contribution in [0, 0.1) is 13.8 Å². The Morgan fingerprint density at radius 3 is 2.48 bits per heavy atom. The first-order chi connectivity index (χ1) is 11.9. The fourth-order valence-corrected chi connectivity index (χ4v) is 2.58. The highest BCUT2D eigenvalue weighted by Gasteiger charge is 2.25. The number of carbonyl (C=O) groups is 1. The molecular formula is C19H15F2NO3. The van der Waals surface area contributed by atoms with Crippen LogP contribution in [0.4, 0.5) is 8.78 Å². The highest BCUT2D eigenvalue weighted by Crippen LogP contribution is 2.26. The molecule has 4 nitrogen and oxygen atoms in total. The van der Waals surface area contributed by atoms with E-state index in [9.17, 15) is 13.6 Å². The Bertz CT molecular complexity index is 868. The largest absolute Gasteiger partial charge is 0.434 e. The van der Waals surface area contributed by atoms with Gasteiger partial charge in [0.15, 0.2) is 5.70 Å². The molecule has 3 rings (SSSR count). The maximum absolute atomic E-state index is 12.5. The van der Waals surface area contributed by atoms with Crippen molar-refractivity contribution in [2.75, 3.05) is 0 Å². The Morgan fingerprint density at radius 1 is 1.12 bits per heavy atom. The molecule has 25 heavy (non-hydrogen) atoms. The van der Waals surface area contributed by atoms with Crippen molar-refractivity contribution in [1.29, 1.82) is 0 Å². The second-order valence-corrected chi connectivity index (χ2v) is 5.63. The molecule has 0 aliphatic carbocycles. The molecule has 0 saturated heterocycles. The van der Waals surface area contributed by atoms with Crippen molar-refractivity contribution in [1.82, 2.24) is 0 Å². The highest BCUT2D eigenvalue weighted by atomic mass is 19.3. The first-order valence-corrected chi connectivity index (χ1v) is 7.57. The number of hydrogen-bond acceptors (Lipinski definition) is 4. The van der Waals surface area contributed by atoms with E-state index in [0.717, 1.165) is 11.1 Å². The van der Waals surface area contributed by atoms with Gasteiger partial charge in [-0.15, -0.1) is 0 Å². The standard InChI is InChI=1S/C19H15F2NO3/c1-11-7-12(2)9-14(8-11)17-22-15(18(23)25-17)10-13-5-3-4-6-16(13)24-19(20)21/h3-10,19H,1-2H3. The number of aryl methyl sites for hydroxylation is 2. The molecule has 0 saturated carbocycles. The van der Waals surface area contributed by atoms with Crippen LogP contribution in [0.3, 0.4) is 0 Å². The molecule has 6 heteroatoms. The van der Waals surface area contributed by atoms with Crippen molar-refractivity contribution in [3.05, 3.63) is 70.4 Å². The van der Waals surface area contributed by atoms with E-state index in [2.05, 4.69) is 9.73 Å². The summed E-state index contributed by atoms with van der Waals surface area (Å²) in [5, 5.41) is 0. The lowest BCUT2D eigenvalue weighted by Crippen LogP contribution is -2.06. The van der Waals surface area contributed by atoms with E-state index in [1.165, 1.54) is 12.1 Å². The van der Waals surface area contributed by atoms with Crippen LogP contribution in [0.5, 0.6) is 5.75 Å². The molecule has 1 aliphatic rings. The first kappa shape index (κ1) is 16.8. The van der Waals surface area contributed by atoms with Crippen LogP contribution in [0.25, 0.3) is 6.08 Å². The van der Waals surface area contributed by atoms with E-state index in [1.807, 2.05) is 32.0 Å². The average Bonchev–Trinajstić information content (AvgIpc) is 2.89. The fraction of sp³-hybridized carbons (Fsp3) is 0.158. The molecule has 0 fully saturated rings. The van der Waals surface area contributed by atoms with Crippen LogP contribution < -0.4 is 4.74 Å². The summed E-state index contributed by atoms with van der Waals surface area (Å²) in [6, 6.07) is 11.9. The van der Waals surface area contributed by atoms with Crippen molar-refractivity contribution < 1.29 is 23.0 Å². The molecule has 0 spiro atoms. The average molecular weight is 343 g/mol. The maximum Gasteiger partial charge on any atom is 0.387 e. The summed E-state index contributed by atoms with van der Waals surface area (Å²) in [6.45, 7) is 0.912. The molecule has 2 aromatic rings. The minimum absolute atomic E-state index is 0.0273. The minimum atomic E-state index is -2.95. The zero-order valence-corrected chi connectivity index (χ0v) is 13.6. The Balaban J connectivity index is 1.97. The van der Waals surface area contributed by atoms with Crippen LogP contribution in [-0.2, 0) is 9.53 Å². The lowest BCUT2D eigenvalue weighted by Gasteiger charge is -2.07. The first-order valence-electron chi connectivity index (χ1n) is 7.57. The number of para-hydroxylation sites is 1. The number of esters is 1. The number of hydrogen-bond donors (Lipinski definition) is 0. The molecule has 0 N–H and O–H groups in total. The third-order valence-electron chi connectivity index (χ3n) is 3.52. The van der Waals surface area contributed by atoms with Gasteiger partial charge in [0.2, 0.25) is 5.90 Å². The number of alkyl halides is 2. The molecule has 0 amide bonds. The lowest BCUT2D eigenvalue weighted by atomic mass is 10.1. The molecule has 2 aromatic carbocycles. The third-order valence-corrected chi connectivity index (χ3v) is 3.52. The number of aliphatic imine (C=N–C) groups is 1. The summed E-state index contributed by atoms with van der Waals surface area (Å²) >= 11 is 0. The number of halogens is 2. The Labute approximate surface area is 143 Å². The zero-order chi connectivity index (χ0) is 18.0. The SMILES string of the molecule is Cc1cc(C)cc(C2=NC(=Cc3ccccc3OC(F)F)C(=O)O2)c1. The van der Waals surface area contributed by atoms with Gasteiger partial charge in [0, 0.05) is 11.1 Å². The molecule has 128 valence electrons. The van der Waals surface area contributed by atoms with E-state index in [4.69, 9.17) is 4.74 Å². The predicted octanol–water partition coefficient (Wildman–Crippen LogP) is 4.25. The van der Waals surface area contributed by atoms with Gasteiger partial charge in [-0.2, -0.15) is 8.78 Å². The van der Waals surface area contributed by atoms with E-state index < -0.39 is 12.6 Å². The molecule has 1 aliphatic heterocycles. The minimum Gasteiger partial charge on any atom is -0.434 e. The van der Waals surface area contributed by atoms with Crippen molar-refractivity contribution in [2.24, 2.45) is 4.99 Å². The van der Waals surface area contributed by atoms with Gasteiger partial charge in [0.05, 0.1) is 0 Å². The second-order valence-electron chi connectivity index (χ2n) is 5.63. The summed E-state index contributed by atoms with van der Waals surface area (Å²) in [5.74, 6) is -0.482. The van der Waals surface area contributed by atoms with E-state index in [-0.39, 0.29) is 17.3 Å². The summed E-state index contributed by atoms with van der Waals surface area (Å²) in [7, 11) is 0. The zero-order valence-electron chi connectivity index (χ0n) is 13.6. The van der Waals surface area contributed by atoms with Gasteiger partial charge in [-0.25, -0.2) is 9.79 Å². The smallest absolute Gasteiger partial charge is 0.387 e. The van der Waals surface area contributed by atoms with E-state index in [0.29, 0.717) is 11.1 Å². The van der Waals surface area contributed by atoms with Gasteiger partial charge < -0.3 is 9.47 Å². The highest BCUT2D eigenvalue weighted by molar-refractivity contribution is 6.13. The second kappa shape index (κ2) is 6.84. The van der Waals surface area contributed by atoms with E-state index >= 15 is 0 Å². The van der Waals surface area contributed by atoms with Crippen molar-refractivity contribution in [3.8, 4) is 5.75 Å². The normalized spacial score (nSPS) is 15.5. The number of nitrogens with zero attached hydrogens (tertiary/aromatic N) is 1. The van der Waals surface area contributed by atoms with Crippen LogP contribution in [0.1, 0.15) is 22.3 Å². The summed E-state index contributed by atoms with van der Waals surface area (Å²) < 4.78 is 34.6. The predicted molar refractivity (Wildman–Crippen MR) is 89.6 cm³/mol. The van der Waals surface area contributed by atoms with Gasteiger partial charge in [-0.1, -0.05) is 35.4 Å². The van der Waals surface area contributed by atoms with Crippen molar-refractivity contribution in [3.63, 3.8) is 0 Å². The molecule has 0 bridgehead atoms. The van der Waals surface area contributed by atoms with Crippen molar-refractivity contribution >= 4 is 17.9 Å². The van der Waals surface area contributed by atoms with Gasteiger partial charge in [-0.05, 0) is 38.1 Å². The molecule has 0 unspecified atom stereocenters. The van der Waals surface area contributed by atoms with Crippen LogP contribution >= 0.6 is 0 Å². The molecular weight excluding hydrogens is 328 g/mol. The number of cyclic esters (lactones) is 1. The van der Waals surface area contributed by atoms with Gasteiger partial charge in [0.1, 0.15) is 5.75 Å². The number of rotatable bonds is 4. The van der Waals surface area contributed by atoms with Crippen molar-refractivity contribution in [2.45, 2.75) is 20.5 Å². The Hall–Kier alpha value is -3.02. The summed E-state index contributed by atoms with van der Waals surface area (Å²) in [4.78, 5) is 16.3. The molecule has 1 heterocycles. The lowest BCUT2D eigenvalue weighted by molar-refractivity contribution is -0.129. The van der Waals surface area contributed by atoms with Gasteiger partial charge in [-0.3, -0.25) is 0 Å². The van der Waals surface area contributed by atoms with Crippen LogP contribution in [0.15, 0.2) is 53.2 Å². The summed E-state index contributed by atoms with van der Waals surface area (Å²) in [6.07, 6.45) is 1.37. The van der Waals surface area contributed by atoms with Gasteiger partial charge in [0.25, 0.3) is 0 Å². The number of benzene rings is 2. The Kier molecular flexibility index (Phi) is 4.61. The fourth-order valence-electron chi connectivity index (χ4n) is 2.58. The van der Waals surface area contributed by atoms with Gasteiger partial charge >= 0.3 is 12.6 Å². The van der Waals surface area contributed by atoms with Crippen LogP contribution in [-0.4, -0.2) is 18.5 Å². The quantitative estimate of drug-likeness (QED) is 0.616. The molecule has 0 atom stereocenters. The van der Waals surface area contributed by atoms with Crippen LogP contribution in [0.2, 0.25) is 0 Å². The summed E-state index contributed by atoms with van der Waals surface area (Å²) in [5.41, 5.74) is 3.06. The number of ether oxygens (including phenoxy) is 2. The molecule has 0 aromatic heterocycles. The monoisotopic (exact) mass is 343 g/mol.